The van der Waals surface area contributed by atoms with E-state index in [0.29, 0.717) is 6.42 Å². The standard InChI is InChI=1S/C20H19N3O5/c21-15-8-4-7-13(17(15)18(22)24)10-16(19(25)26)23-14(11-28-20(23)27)9-12-5-2-1-3-6-12/h1-8,10,14H,9,11,21H2,(H2,22,24)(H,25,26)/t14-/m0/s1. The van der Waals surface area contributed by atoms with Crippen molar-refractivity contribution in [3.63, 3.8) is 0 Å². The topological polar surface area (TPSA) is 136 Å². The third kappa shape index (κ3) is 3.80. The lowest BCUT2D eigenvalue weighted by Gasteiger charge is -2.22. The second-order valence-electron chi connectivity index (χ2n) is 6.30. The van der Waals surface area contributed by atoms with Crippen molar-refractivity contribution in [2.24, 2.45) is 5.73 Å². The fourth-order valence-corrected chi connectivity index (χ4v) is 3.17. The van der Waals surface area contributed by atoms with Gasteiger partial charge in [-0.2, -0.15) is 0 Å². The summed E-state index contributed by atoms with van der Waals surface area (Å²) in [6.07, 6.45) is 0.860. The van der Waals surface area contributed by atoms with Crippen molar-refractivity contribution < 1.29 is 24.2 Å². The third-order valence-electron chi connectivity index (χ3n) is 4.42. The van der Waals surface area contributed by atoms with E-state index in [1.165, 1.54) is 18.2 Å². The second kappa shape index (κ2) is 7.83. The predicted molar refractivity (Wildman–Crippen MR) is 102 cm³/mol. The van der Waals surface area contributed by atoms with Crippen molar-refractivity contribution in [3.8, 4) is 0 Å². The molecule has 3 rings (SSSR count). The molecule has 0 aliphatic carbocycles. The van der Waals surface area contributed by atoms with Crippen LogP contribution in [0.4, 0.5) is 10.5 Å². The monoisotopic (exact) mass is 381 g/mol. The van der Waals surface area contributed by atoms with Gasteiger partial charge < -0.3 is 21.3 Å². The highest BCUT2D eigenvalue weighted by atomic mass is 16.6. The number of aliphatic carboxylic acids is 1. The molecule has 0 aromatic heterocycles. The number of carboxylic acid groups (broad SMARTS) is 1. The molecule has 28 heavy (non-hydrogen) atoms. The van der Waals surface area contributed by atoms with Gasteiger partial charge in [0.15, 0.2) is 0 Å². The van der Waals surface area contributed by atoms with E-state index in [4.69, 9.17) is 16.2 Å². The summed E-state index contributed by atoms with van der Waals surface area (Å²) < 4.78 is 5.09. The SMILES string of the molecule is NC(=O)c1c(N)cccc1C=C(C(=O)O)N1C(=O)OC[C@@H]1Cc1ccccc1. The van der Waals surface area contributed by atoms with E-state index in [0.717, 1.165) is 10.5 Å². The fourth-order valence-electron chi connectivity index (χ4n) is 3.17. The van der Waals surface area contributed by atoms with Crippen LogP contribution in [0.25, 0.3) is 6.08 Å². The van der Waals surface area contributed by atoms with Crippen LogP contribution in [0.3, 0.4) is 0 Å². The minimum Gasteiger partial charge on any atom is -0.477 e. The van der Waals surface area contributed by atoms with Gasteiger partial charge in [0.2, 0.25) is 0 Å². The first kappa shape index (κ1) is 19.0. The van der Waals surface area contributed by atoms with Crippen LogP contribution in [0.2, 0.25) is 0 Å². The van der Waals surface area contributed by atoms with Gasteiger partial charge in [-0.1, -0.05) is 42.5 Å². The van der Waals surface area contributed by atoms with E-state index >= 15 is 0 Å². The molecule has 0 spiro atoms. The second-order valence-corrected chi connectivity index (χ2v) is 6.30. The molecular formula is C20H19N3O5. The Morgan fingerprint density at radius 1 is 1.18 bits per heavy atom. The minimum absolute atomic E-state index is 0.00609. The smallest absolute Gasteiger partial charge is 0.414 e. The van der Waals surface area contributed by atoms with E-state index in [2.05, 4.69) is 0 Å². The summed E-state index contributed by atoms with van der Waals surface area (Å²) in [7, 11) is 0. The molecule has 1 aliphatic heterocycles. The molecule has 8 nitrogen and oxygen atoms in total. The number of carbonyl (C=O) groups excluding carboxylic acids is 2. The molecule has 2 amide bonds. The zero-order chi connectivity index (χ0) is 20.3. The number of ether oxygens (including phenoxy) is 1. The Labute approximate surface area is 161 Å². The summed E-state index contributed by atoms with van der Waals surface area (Å²) in [5.74, 6) is -2.13. The lowest BCUT2D eigenvalue weighted by Crippen LogP contribution is -2.37. The summed E-state index contributed by atoms with van der Waals surface area (Å²) >= 11 is 0. The molecule has 0 bridgehead atoms. The van der Waals surface area contributed by atoms with Gasteiger partial charge in [0, 0.05) is 5.69 Å². The van der Waals surface area contributed by atoms with Crippen molar-refractivity contribution in [1.82, 2.24) is 4.90 Å². The van der Waals surface area contributed by atoms with Gasteiger partial charge in [0.1, 0.15) is 12.3 Å². The van der Waals surface area contributed by atoms with Crippen molar-refractivity contribution in [3.05, 3.63) is 70.9 Å². The largest absolute Gasteiger partial charge is 0.477 e. The number of anilines is 1. The Morgan fingerprint density at radius 3 is 2.54 bits per heavy atom. The van der Waals surface area contributed by atoms with Crippen molar-refractivity contribution in [1.29, 1.82) is 0 Å². The number of nitrogens with zero attached hydrogens (tertiary/aromatic N) is 1. The maximum atomic E-state index is 12.3. The number of carbonyl (C=O) groups is 3. The number of hydrogen-bond acceptors (Lipinski definition) is 5. The Kier molecular flexibility index (Phi) is 5.30. The van der Waals surface area contributed by atoms with Gasteiger partial charge in [-0.3, -0.25) is 9.69 Å². The zero-order valence-corrected chi connectivity index (χ0v) is 14.9. The first-order valence-electron chi connectivity index (χ1n) is 8.51. The number of hydrogen-bond donors (Lipinski definition) is 3. The van der Waals surface area contributed by atoms with Crippen LogP contribution >= 0.6 is 0 Å². The number of carboxylic acids is 1. The number of cyclic esters (lactones) is 1. The van der Waals surface area contributed by atoms with Gasteiger partial charge in [0.05, 0.1) is 11.6 Å². The zero-order valence-electron chi connectivity index (χ0n) is 14.9. The number of primary amides is 1. The first-order chi connectivity index (χ1) is 13.4. The average molecular weight is 381 g/mol. The van der Waals surface area contributed by atoms with E-state index in [9.17, 15) is 19.5 Å². The summed E-state index contributed by atoms with van der Waals surface area (Å²) in [6.45, 7) is 0.0535. The molecule has 5 N–H and O–H groups in total. The summed E-state index contributed by atoms with van der Waals surface area (Å²) in [4.78, 5) is 37.0. The number of nitrogens with two attached hydrogens (primary N) is 2. The molecule has 2 aromatic rings. The Morgan fingerprint density at radius 2 is 1.89 bits per heavy atom. The Balaban J connectivity index is 2.02. The molecule has 1 saturated heterocycles. The van der Waals surface area contributed by atoms with Gasteiger partial charge in [0.25, 0.3) is 5.91 Å². The fraction of sp³-hybridized carbons (Fsp3) is 0.150. The molecule has 1 fully saturated rings. The van der Waals surface area contributed by atoms with Gasteiger partial charge in [-0.05, 0) is 29.7 Å². The lowest BCUT2D eigenvalue weighted by atomic mass is 10.0. The van der Waals surface area contributed by atoms with E-state index in [1.807, 2.05) is 30.3 Å². The van der Waals surface area contributed by atoms with Crippen molar-refractivity contribution in [2.75, 3.05) is 12.3 Å². The Hall–Kier alpha value is -3.81. The summed E-state index contributed by atoms with van der Waals surface area (Å²) in [5, 5.41) is 9.73. The first-order valence-corrected chi connectivity index (χ1v) is 8.51. The molecule has 2 aromatic carbocycles. The molecule has 1 atom stereocenters. The molecule has 0 unspecified atom stereocenters. The average Bonchev–Trinajstić information content (AvgIpc) is 3.00. The highest BCUT2D eigenvalue weighted by Gasteiger charge is 2.38. The molecule has 1 heterocycles. The maximum Gasteiger partial charge on any atom is 0.414 e. The molecule has 1 aliphatic rings. The van der Waals surface area contributed by atoms with Crippen LogP contribution in [0, 0.1) is 0 Å². The number of nitrogen functional groups attached to an aromatic ring is 1. The van der Waals surface area contributed by atoms with Crippen LogP contribution in [0.1, 0.15) is 21.5 Å². The molecule has 8 heteroatoms. The molecular weight excluding hydrogens is 362 g/mol. The van der Waals surface area contributed by atoms with Crippen LogP contribution in [-0.2, 0) is 16.0 Å². The van der Waals surface area contributed by atoms with Gasteiger partial charge in [-0.25, -0.2) is 9.59 Å². The van der Waals surface area contributed by atoms with Gasteiger partial charge in [-0.15, -0.1) is 0 Å². The quantitative estimate of drug-likeness (QED) is 0.516. The predicted octanol–water partition coefficient (Wildman–Crippen LogP) is 1.86. The van der Waals surface area contributed by atoms with Crippen molar-refractivity contribution >= 4 is 29.7 Å². The van der Waals surface area contributed by atoms with Crippen LogP contribution < -0.4 is 11.5 Å². The molecule has 144 valence electrons. The number of benzene rings is 2. The molecule has 0 radical (unpaired) electrons. The summed E-state index contributed by atoms with van der Waals surface area (Å²) in [5.41, 5.74) is 12.1. The normalized spacial score (nSPS) is 16.7. The molecule has 0 saturated carbocycles. The van der Waals surface area contributed by atoms with E-state index in [1.54, 1.807) is 6.07 Å². The van der Waals surface area contributed by atoms with E-state index < -0.39 is 24.0 Å². The minimum atomic E-state index is -1.34. The highest BCUT2D eigenvalue weighted by Crippen LogP contribution is 2.26. The number of rotatable bonds is 6. The highest BCUT2D eigenvalue weighted by molar-refractivity contribution is 6.04. The Bertz CT molecular complexity index is 956. The maximum absolute atomic E-state index is 12.3. The number of amides is 2. The lowest BCUT2D eigenvalue weighted by molar-refractivity contribution is -0.134. The summed E-state index contributed by atoms with van der Waals surface area (Å²) in [6, 6.07) is 13.4. The van der Waals surface area contributed by atoms with E-state index in [-0.39, 0.29) is 29.1 Å². The van der Waals surface area contributed by atoms with Crippen LogP contribution in [-0.4, -0.2) is 40.6 Å². The van der Waals surface area contributed by atoms with Crippen LogP contribution in [0.15, 0.2) is 54.2 Å². The third-order valence-corrected chi connectivity index (χ3v) is 4.42. The van der Waals surface area contributed by atoms with Crippen LogP contribution in [0.5, 0.6) is 0 Å². The van der Waals surface area contributed by atoms with Crippen molar-refractivity contribution in [2.45, 2.75) is 12.5 Å². The van der Waals surface area contributed by atoms with Gasteiger partial charge >= 0.3 is 12.1 Å².